The average Bonchev–Trinajstić information content (AvgIpc) is 2.63. The van der Waals surface area contributed by atoms with Crippen LogP contribution in [0, 0.1) is 13.8 Å². The van der Waals surface area contributed by atoms with Crippen molar-refractivity contribution in [3.05, 3.63) is 64.2 Å². The maximum atomic E-state index is 13.0. The zero-order chi connectivity index (χ0) is 20.3. The monoisotopic (exact) mass is 421 g/mol. The van der Waals surface area contributed by atoms with Crippen LogP contribution >= 0.6 is 11.6 Å². The van der Waals surface area contributed by atoms with E-state index in [0.29, 0.717) is 36.8 Å². The fourth-order valence-electron chi connectivity index (χ4n) is 3.19. The second-order valence-corrected chi connectivity index (χ2v) is 9.32. The maximum Gasteiger partial charge on any atom is 0.282 e. The number of carbonyl (C=O) groups excluding carboxylic acids is 1. The Morgan fingerprint density at radius 1 is 1.11 bits per heavy atom. The summed E-state index contributed by atoms with van der Waals surface area (Å²) in [5, 5.41) is 3.13. The van der Waals surface area contributed by atoms with Gasteiger partial charge in [0.15, 0.2) is 0 Å². The van der Waals surface area contributed by atoms with Gasteiger partial charge in [-0.2, -0.15) is 17.0 Å². The number of benzene rings is 2. The van der Waals surface area contributed by atoms with Gasteiger partial charge in [-0.15, -0.1) is 0 Å². The van der Waals surface area contributed by atoms with E-state index in [9.17, 15) is 13.2 Å². The molecule has 1 amide bonds. The van der Waals surface area contributed by atoms with Crippen molar-refractivity contribution in [1.29, 1.82) is 0 Å². The Kier molecular flexibility index (Phi) is 6.40. The van der Waals surface area contributed by atoms with Crippen LogP contribution < -0.4 is 5.32 Å². The topological polar surface area (TPSA) is 69.7 Å². The molecule has 1 aliphatic heterocycles. The highest BCUT2D eigenvalue weighted by atomic mass is 35.5. The Morgan fingerprint density at radius 3 is 2.54 bits per heavy atom. The molecule has 2 aromatic rings. The summed E-state index contributed by atoms with van der Waals surface area (Å²) in [7, 11) is -3.71. The largest absolute Gasteiger partial charge is 0.324 e. The van der Waals surface area contributed by atoms with Crippen molar-refractivity contribution >= 4 is 33.4 Å². The van der Waals surface area contributed by atoms with Crippen LogP contribution in [0.25, 0.3) is 0 Å². The van der Waals surface area contributed by atoms with Gasteiger partial charge in [0.05, 0.1) is 17.3 Å². The smallest absolute Gasteiger partial charge is 0.282 e. The molecule has 28 heavy (non-hydrogen) atoms. The van der Waals surface area contributed by atoms with Crippen LogP contribution in [0.1, 0.15) is 23.1 Å². The fraction of sp³-hybridized carbons (Fsp3) is 0.350. The molecule has 0 saturated carbocycles. The molecule has 0 unspecified atom stereocenters. The molecular formula is C20H24ClN3O3S. The van der Waals surface area contributed by atoms with Crippen molar-refractivity contribution in [2.45, 2.75) is 26.8 Å². The minimum atomic E-state index is -3.71. The first-order valence-corrected chi connectivity index (χ1v) is 10.9. The van der Waals surface area contributed by atoms with Crippen molar-refractivity contribution in [2.75, 3.05) is 25.0 Å². The van der Waals surface area contributed by atoms with Gasteiger partial charge >= 0.3 is 0 Å². The van der Waals surface area contributed by atoms with Gasteiger partial charge in [0.1, 0.15) is 0 Å². The number of anilines is 1. The summed E-state index contributed by atoms with van der Waals surface area (Å²) in [6, 6.07) is 13.0. The molecule has 150 valence electrons. The minimum absolute atomic E-state index is 0.239. The summed E-state index contributed by atoms with van der Waals surface area (Å²) >= 11 is 6.15. The average molecular weight is 422 g/mol. The first-order chi connectivity index (χ1) is 13.3. The van der Waals surface area contributed by atoms with Crippen LogP contribution in [0.15, 0.2) is 42.5 Å². The highest BCUT2D eigenvalue weighted by molar-refractivity contribution is 7.86. The van der Waals surface area contributed by atoms with Crippen LogP contribution in [0.5, 0.6) is 0 Å². The van der Waals surface area contributed by atoms with E-state index in [0.717, 1.165) is 16.7 Å². The number of rotatable bonds is 5. The van der Waals surface area contributed by atoms with Crippen LogP contribution in [0.2, 0.25) is 5.02 Å². The maximum absolute atomic E-state index is 13.0. The molecule has 8 heteroatoms. The Morgan fingerprint density at radius 2 is 1.82 bits per heavy atom. The van der Waals surface area contributed by atoms with Crippen molar-refractivity contribution in [3.8, 4) is 0 Å². The molecule has 0 bridgehead atoms. The molecular weight excluding hydrogens is 398 g/mol. The molecule has 1 N–H and O–H groups in total. The van der Waals surface area contributed by atoms with Gasteiger partial charge in [0.25, 0.3) is 10.2 Å². The highest BCUT2D eigenvalue weighted by Gasteiger charge is 2.34. The molecule has 0 aliphatic carbocycles. The summed E-state index contributed by atoms with van der Waals surface area (Å²) in [4.78, 5) is 12.4. The van der Waals surface area contributed by atoms with E-state index < -0.39 is 16.1 Å². The van der Waals surface area contributed by atoms with Gasteiger partial charge in [-0.3, -0.25) is 4.79 Å². The number of carbonyl (C=O) groups is 1. The minimum Gasteiger partial charge on any atom is -0.324 e. The summed E-state index contributed by atoms with van der Waals surface area (Å²) in [6.07, 6.45) is 0.670. The second kappa shape index (κ2) is 8.61. The first-order valence-electron chi connectivity index (χ1n) is 9.13. The summed E-state index contributed by atoms with van der Waals surface area (Å²) in [5.74, 6) is -0.410. The van der Waals surface area contributed by atoms with Crippen LogP contribution in [-0.4, -0.2) is 42.6 Å². The number of hydrogen-bond donors (Lipinski definition) is 1. The summed E-state index contributed by atoms with van der Waals surface area (Å²) in [5.41, 5.74) is 3.46. The van der Waals surface area contributed by atoms with E-state index >= 15 is 0 Å². The quantitative estimate of drug-likeness (QED) is 0.804. The lowest BCUT2D eigenvalue weighted by Crippen LogP contribution is -2.51. The lowest BCUT2D eigenvalue weighted by atomic mass is 10.1. The molecule has 6 nitrogen and oxygen atoms in total. The molecule has 0 spiro atoms. The lowest BCUT2D eigenvalue weighted by molar-refractivity contribution is -0.116. The molecule has 0 atom stereocenters. The molecule has 1 aliphatic rings. The van der Waals surface area contributed by atoms with E-state index in [-0.39, 0.29) is 6.54 Å². The van der Waals surface area contributed by atoms with Crippen molar-refractivity contribution in [3.63, 3.8) is 0 Å². The zero-order valence-corrected chi connectivity index (χ0v) is 17.6. The van der Waals surface area contributed by atoms with Gasteiger partial charge in [-0.05, 0) is 49.1 Å². The van der Waals surface area contributed by atoms with Crippen LogP contribution in [0.4, 0.5) is 5.69 Å². The van der Waals surface area contributed by atoms with E-state index in [1.807, 2.05) is 44.2 Å². The molecule has 1 fully saturated rings. The van der Waals surface area contributed by atoms with Gasteiger partial charge in [-0.1, -0.05) is 41.9 Å². The molecule has 2 aromatic carbocycles. The first kappa shape index (κ1) is 20.8. The van der Waals surface area contributed by atoms with Gasteiger partial charge < -0.3 is 5.32 Å². The highest BCUT2D eigenvalue weighted by Crippen LogP contribution is 2.24. The van der Waals surface area contributed by atoms with Gasteiger partial charge in [-0.25, -0.2) is 0 Å². The van der Waals surface area contributed by atoms with E-state index in [4.69, 9.17) is 11.6 Å². The third-order valence-corrected chi connectivity index (χ3v) is 7.04. The normalized spacial score (nSPS) is 17.4. The number of nitrogens with one attached hydrogen (secondary N) is 1. The van der Waals surface area contributed by atoms with E-state index in [1.165, 1.54) is 8.61 Å². The summed E-state index contributed by atoms with van der Waals surface area (Å²) in [6.45, 7) is 4.69. The summed E-state index contributed by atoms with van der Waals surface area (Å²) < 4.78 is 28.6. The standard InChI is InChI=1S/C20H24ClN3O3S/c1-15-8-9-19(18(21)12-15)22-20(25)14-24-11-5-10-23(28(24,26)27)13-17-7-4-3-6-16(17)2/h3-4,6-9,12H,5,10-11,13-14H2,1-2H3,(H,22,25). The van der Waals surface area contributed by atoms with Crippen molar-refractivity contribution < 1.29 is 13.2 Å². The van der Waals surface area contributed by atoms with Crippen LogP contribution in [0.3, 0.4) is 0 Å². The third-order valence-electron chi connectivity index (χ3n) is 4.79. The SMILES string of the molecule is Cc1ccc(NC(=O)CN2CCCN(Cc3ccccc3C)S2(=O)=O)c(Cl)c1. The van der Waals surface area contributed by atoms with Crippen LogP contribution in [-0.2, 0) is 21.5 Å². The molecule has 1 heterocycles. The lowest BCUT2D eigenvalue weighted by Gasteiger charge is -2.34. The van der Waals surface area contributed by atoms with Crippen molar-refractivity contribution in [2.24, 2.45) is 0 Å². The predicted octanol–water partition coefficient (Wildman–Crippen LogP) is 3.35. The Bertz CT molecular complexity index is 978. The Labute approximate surface area is 171 Å². The Hall–Kier alpha value is -1.93. The van der Waals surface area contributed by atoms with E-state index in [1.54, 1.807) is 12.1 Å². The number of nitrogens with zero attached hydrogens (tertiary/aromatic N) is 2. The predicted molar refractivity (Wildman–Crippen MR) is 112 cm³/mol. The molecule has 0 radical (unpaired) electrons. The number of amides is 1. The zero-order valence-electron chi connectivity index (χ0n) is 16.0. The fourth-order valence-corrected chi connectivity index (χ4v) is 5.10. The molecule has 0 aromatic heterocycles. The number of hydrogen-bond acceptors (Lipinski definition) is 3. The number of aryl methyl sites for hydroxylation is 2. The van der Waals surface area contributed by atoms with Gasteiger partial charge in [0, 0.05) is 19.6 Å². The van der Waals surface area contributed by atoms with Gasteiger partial charge in [0.2, 0.25) is 5.91 Å². The third kappa shape index (κ3) is 4.72. The van der Waals surface area contributed by atoms with E-state index in [2.05, 4.69) is 5.32 Å². The second-order valence-electron chi connectivity index (χ2n) is 6.99. The number of halogens is 1. The molecule has 1 saturated heterocycles. The Balaban J connectivity index is 1.69. The molecule has 3 rings (SSSR count). The van der Waals surface area contributed by atoms with Crippen molar-refractivity contribution in [1.82, 2.24) is 8.61 Å².